The molecule has 18 heavy (non-hydrogen) atoms. The van der Waals surface area contributed by atoms with Crippen LogP contribution in [0.1, 0.15) is 16.1 Å². The highest BCUT2D eigenvalue weighted by molar-refractivity contribution is 9.10. The summed E-state index contributed by atoms with van der Waals surface area (Å²) in [5, 5.41) is 2.10. The van der Waals surface area contributed by atoms with E-state index in [0.717, 1.165) is 28.1 Å². The maximum absolute atomic E-state index is 5.69. The zero-order valence-corrected chi connectivity index (χ0v) is 12.9. The number of anilines is 1. The first kappa shape index (κ1) is 13.5. The molecular weight excluding hydrogens is 310 g/mol. The summed E-state index contributed by atoms with van der Waals surface area (Å²) in [4.78, 5) is 8.00. The summed E-state index contributed by atoms with van der Waals surface area (Å²) in [6, 6.07) is 6.22. The molecule has 0 fully saturated rings. The van der Waals surface area contributed by atoms with Gasteiger partial charge in [-0.25, -0.2) is 4.98 Å². The molecule has 0 amide bonds. The lowest BCUT2D eigenvalue weighted by atomic mass is 10.2. The number of rotatable bonds is 4. The fourth-order valence-corrected chi connectivity index (χ4v) is 3.29. The summed E-state index contributed by atoms with van der Waals surface area (Å²) in [6.45, 7) is 3.41. The molecular formula is C13H16BrN3S. The third-order valence-corrected chi connectivity index (χ3v) is 4.32. The molecule has 0 aliphatic carbocycles. The quantitative estimate of drug-likeness (QED) is 0.937. The Balaban J connectivity index is 2.17. The van der Waals surface area contributed by atoms with Gasteiger partial charge in [0.25, 0.3) is 0 Å². The lowest BCUT2D eigenvalue weighted by molar-refractivity contribution is 0.897. The minimum Gasteiger partial charge on any atom is -0.355 e. The summed E-state index contributed by atoms with van der Waals surface area (Å²) in [5.74, 6) is 0.972. The molecule has 3 nitrogen and oxygen atoms in total. The lowest BCUT2D eigenvalue weighted by Gasteiger charge is -2.18. The summed E-state index contributed by atoms with van der Waals surface area (Å²) >= 11 is 5.22. The first-order valence-electron chi connectivity index (χ1n) is 5.70. The van der Waals surface area contributed by atoms with Crippen LogP contribution < -0.4 is 10.6 Å². The second kappa shape index (κ2) is 5.82. The first-order valence-corrected chi connectivity index (χ1v) is 7.37. The molecule has 0 aliphatic rings. The summed E-state index contributed by atoms with van der Waals surface area (Å²) < 4.78 is 1.13. The van der Waals surface area contributed by atoms with E-state index >= 15 is 0 Å². The van der Waals surface area contributed by atoms with E-state index in [4.69, 9.17) is 5.73 Å². The van der Waals surface area contributed by atoms with Crippen LogP contribution in [-0.4, -0.2) is 12.0 Å². The van der Waals surface area contributed by atoms with E-state index < -0.39 is 0 Å². The van der Waals surface area contributed by atoms with E-state index in [-0.39, 0.29) is 0 Å². The first-order chi connectivity index (χ1) is 8.58. The summed E-state index contributed by atoms with van der Waals surface area (Å²) in [5.41, 5.74) is 7.82. The van der Waals surface area contributed by atoms with Crippen molar-refractivity contribution >= 4 is 33.1 Å². The number of hydrogen-bond acceptors (Lipinski definition) is 4. The van der Waals surface area contributed by atoms with E-state index in [0.29, 0.717) is 6.54 Å². The van der Waals surface area contributed by atoms with Crippen LogP contribution in [0.15, 0.2) is 28.1 Å². The van der Waals surface area contributed by atoms with Crippen molar-refractivity contribution < 1.29 is 0 Å². The Kier molecular flexibility index (Phi) is 4.37. The minimum atomic E-state index is 0.550. The van der Waals surface area contributed by atoms with E-state index in [2.05, 4.69) is 50.4 Å². The molecule has 0 unspecified atom stereocenters. The number of hydrogen-bond donors (Lipinski definition) is 1. The average Bonchev–Trinajstić information content (AvgIpc) is 2.73. The van der Waals surface area contributed by atoms with Crippen molar-refractivity contribution in [2.45, 2.75) is 20.0 Å². The largest absolute Gasteiger partial charge is 0.355 e. The number of aromatic nitrogens is 1. The molecule has 5 heteroatoms. The topological polar surface area (TPSA) is 42.1 Å². The summed E-state index contributed by atoms with van der Waals surface area (Å²) in [6.07, 6.45) is 0. The van der Waals surface area contributed by atoms with Crippen LogP contribution >= 0.6 is 27.3 Å². The predicted molar refractivity (Wildman–Crippen MR) is 81.0 cm³/mol. The standard InChI is InChI=1S/C13H16BrN3S/c1-9-3-10(6-15)4-13(16-9)17(2)7-12-5-11(14)8-18-12/h3-5,8H,6-7,15H2,1-2H3. The molecule has 0 saturated carbocycles. The van der Waals surface area contributed by atoms with E-state index in [1.54, 1.807) is 11.3 Å². The van der Waals surface area contributed by atoms with Gasteiger partial charge in [-0.2, -0.15) is 0 Å². The Hall–Kier alpha value is -0.910. The van der Waals surface area contributed by atoms with E-state index in [1.165, 1.54) is 4.88 Å². The normalized spacial score (nSPS) is 10.7. The van der Waals surface area contributed by atoms with Gasteiger partial charge in [0.05, 0.1) is 6.54 Å². The monoisotopic (exact) mass is 325 g/mol. The van der Waals surface area contributed by atoms with Gasteiger partial charge in [0.1, 0.15) is 5.82 Å². The Labute approximate surface area is 120 Å². The Bertz CT molecular complexity index is 539. The van der Waals surface area contributed by atoms with Crippen molar-refractivity contribution in [2.24, 2.45) is 5.73 Å². The number of nitrogens with zero attached hydrogens (tertiary/aromatic N) is 2. The highest BCUT2D eigenvalue weighted by atomic mass is 79.9. The maximum Gasteiger partial charge on any atom is 0.129 e. The van der Waals surface area contributed by atoms with Gasteiger partial charge in [-0.3, -0.25) is 0 Å². The Morgan fingerprint density at radius 1 is 1.39 bits per heavy atom. The second-order valence-corrected chi connectivity index (χ2v) is 6.18. The van der Waals surface area contributed by atoms with Gasteiger partial charge >= 0.3 is 0 Å². The Morgan fingerprint density at radius 3 is 2.78 bits per heavy atom. The predicted octanol–water partition coefficient (Wildman–Crippen LogP) is 3.31. The molecule has 0 spiro atoms. The van der Waals surface area contributed by atoms with E-state index in [9.17, 15) is 0 Å². The molecule has 2 aromatic rings. The van der Waals surface area contributed by atoms with Crippen LogP contribution in [-0.2, 0) is 13.1 Å². The van der Waals surface area contributed by atoms with Crippen LogP contribution in [0.3, 0.4) is 0 Å². The molecule has 2 heterocycles. The zero-order chi connectivity index (χ0) is 13.1. The van der Waals surface area contributed by atoms with E-state index in [1.807, 2.05) is 13.0 Å². The van der Waals surface area contributed by atoms with Crippen LogP contribution in [0, 0.1) is 6.92 Å². The van der Waals surface area contributed by atoms with Crippen LogP contribution in [0.2, 0.25) is 0 Å². The van der Waals surface area contributed by atoms with Gasteiger partial charge in [0, 0.05) is 34.0 Å². The van der Waals surface area contributed by atoms with Gasteiger partial charge in [0.15, 0.2) is 0 Å². The van der Waals surface area contributed by atoms with Crippen molar-refractivity contribution in [3.63, 3.8) is 0 Å². The number of nitrogens with two attached hydrogens (primary N) is 1. The zero-order valence-electron chi connectivity index (χ0n) is 10.5. The molecule has 0 radical (unpaired) electrons. The molecule has 0 atom stereocenters. The van der Waals surface area contributed by atoms with Gasteiger partial charge in [0.2, 0.25) is 0 Å². The highest BCUT2D eigenvalue weighted by Gasteiger charge is 2.07. The number of aryl methyl sites for hydroxylation is 1. The van der Waals surface area contributed by atoms with Crippen molar-refractivity contribution in [1.29, 1.82) is 0 Å². The van der Waals surface area contributed by atoms with Crippen LogP contribution in [0.4, 0.5) is 5.82 Å². The van der Waals surface area contributed by atoms with Gasteiger partial charge in [-0.1, -0.05) is 0 Å². The number of pyridine rings is 1. The fraction of sp³-hybridized carbons (Fsp3) is 0.308. The van der Waals surface area contributed by atoms with Crippen molar-refractivity contribution in [3.05, 3.63) is 44.2 Å². The fourth-order valence-electron chi connectivity index (χ4n) is 1.79. The second-order valence-electron chi connectivity index (χ2n) is 4.27. The molecule has 2 aromatic heterocycles. The molecule has 0 bridgehead atoms. The molecule has 2 rings (SSSR count). The minimum absolute atomic E-state index is 0.550. The molecule has 0 saturated heterocycles. The molecule has 0 aliphatic heterocycles. The SMILES string of the molecule is Cc1cc(CN)cc(N(C)Cc2cc(Br)cs2)n1. The van der Waals surface area contributed by atoms with Gasteiger partial charge in [-0.05, 0) is 46.6 Å². The molecule has 0 aromatic carbocycles. The molecule has 96 valence electrons. The summed E-state index contributed by atoms with van der Waals surface area (Å²) in [7, 11) is 2.05. The van der Waals surface area contributed by atoms with Crippen LogP contribution in [0.25, 0.3) is 0 Å². The van der Waals surface area contributed by atoms with Crippen molar-refractivity contribution in [2.75, 3.05) is 11.9 Å². The number of halogens is 1. The highest BCUT2D eigenvalue weighted by Crippen LogP contribution is 2.23. The smallest absolute Gasteiger partial charge is 0.129 e. The average molecular weight is 326 g/mol. The third kappa shape index (κ3) is 3.31. The molecule has 2 N–H and O–H groups in total. The van der Waals surface area contributed by atoms with Crippen molar-refractivity contribution in [3.8, 4) is 0 Å². The van der Waals surface area contributed by atoms with Gasteiger partial charge < -0.3 is 10.6 Å². The van der Waals surface area contributed by atoms with Crippen LogP contribution in [0.5, 0.6) is 0 Å². The van der Waals surface area contributed by atoms with Gasteiger partial charge in [-0.15, -0.1) is 11.3 Å². The Morgan fingerprint density at radius 2 is 2.17 bits per heavy atom. The van der Waals surface area contributed by atoms with Crippen molar-refractivity contribution in [1.82, 2.24) is 4.98 Å². The number of thiophene rings is 1. The third-order valence-electron chi connectivity index (χ3n) is 2.64. The lowest BCUT2D eigenvalue weighted by Crippen LogP contribution is -2.17. The maximum atomic E-state index is 5.69.